The van der Waals surface area contributed by atoms with Crippen LogP contribution in [0.25, 0.3) is 0 Å². The SMILES string of the molecule is CC/C=C\C/C=C\C/C=C\C/C=C\C/C=C\CCCCCCCC(=O)NC(COC1OC(CO)C(OC2OC(CO)C(OC3OC(CO)C(O)C(O)C3O)C(O)C2O)C(O)C1O)C(O)/C=C/CC/C=C/CCCCCC. The molecule has 19 heteroatoms. The molecule has 0 aromatic rings. The highest BCUT2D eigenvalue weighted by atomic mass is 16.8. The van der Waals surface area contributed by atoms with Crippen molar-refractivity contribution in [1.82, 2.24) is 5.32 Å². The summed E-state index contributed by atoms with van der Waals surface area (Å²) in [4.78, 5) is 13.3. The van der Waals surface area contributed by atoms with Gasteiger partial charge in [0.2, 0.25) is 5.91 Å². The van der Waals surface area contributed by atoms with Gasteiger partial charge in [0.1, 0.15) is 73.2 Å². The Morgan fingerprint density at radius 2 is 0.921 bits per heavy atom. The van der Waals surface area contributed by atoms with E-state index in [0.717, 1.165) is 83.5 Å². The molecule has 3 fully saturated rings. The van der Waals surface area contributed by atoms with Crippen LogP contribution in [0.3, 0.4) is 0 Å². The molecule has 3 saturated heterocycles. The number of hydrogen-bond donors (Lipinski definition) is 12. The Morgan fingerprint density at radius 1 is 0.487 bits per heavy atom. The lowest BCUT2D eigenvalue weighted by Crippen LogP contribution is -2.66. The first-order chi connectivity index (χ1) is 36.8. The van der Waals surface area contributed by atoms with Crippen LogP contribution in [0.1, 0.15) is 136 Å². The van der Waals surface area contributed by atoms with Gasteiger partial charge in [-0.15, -0.1) is 0 Å². The standard InChI is InChI=1S/C57H95NO18/c1-3-5-7-9-11-13-15-16-17-18-19-20-21-22-23-24-25-27-29-31-33-35-45(63)58-40(41(62)34-32-30-28-26-14-12-10-8-6-4-2)39-71-55-51(69)48(66)53(43(37-60)73-55)76-57-52(70)49(67)54(44(38-61)74-57)75-56-50(68)47(65)46(64)42(36-59)72-56/h5,7,11,13-14,16-17,19-20,22-23,26,32,34,40-44,46-57,59-62,64-70H,3-4,6,8-10,12,15,18,21,24-25,27-31,33,35-39H2,1-2H3,(H,58,63)/b7-5-,13-11-,17-16-,20-19-,23-22-,26-14+,34-32+. The first kappa shape index (κ1) is 67.2. The van der Waals surface area contributed by atoms with Gasteiger partial charge in [0, 0.05) is 6.42 Å². The number of ether oxygens (including phenoxy) is 6. The highest BCUT2D eigenvalue weighted by Gasteiger charge is 2.53. The maximum absolute atomic E-state index is 13.3. The van der Waals surface area contributed by atoms with Crippen molar-refractivity contribution in [3.63, 3.8) is 0 Å². The molecule has 3 heterocycles. The normalized spacial score (nSPS) is 31.6. The highest BCUT2D eigenvalue weighted by molar-refractivity contribution is 5.76. The molecule has 19 nitrogen and oxygen atoms in total. The van der Waals surface area contributed by atoms with E-state index in [2.05, 4.69) is 92.1 Å². The van der Waals surface area contributed by atoms with Gasteiger partial charge in [-0.1, -0.05) is 137 Å². The Morgan fingerprint density at radius 3 is 1.47 bits per heavy atom. The van der Waals surface area contributed by atoms with E-state index >= 15 is 0 Å². The predicted octanol–water partition coefficient (Wildman–Crippen LogP) is 3.64. The monoisotopic (exact) mass is 1080 g/mol. The number of aliphatic hydroxyl groups excluding tert-OH is 11. The first-order valence-electron chi connectivity index (χ1n) is 27.8. The fourth-order valence-corrected chi connectivity index (χ4v) is 8.82. The number of aliphatic hydroxyl groups is 11. The van der Waals surface area contributed by atoms with Gasteiger partial charge in [0.15, 0.2) is 18.9 Å². The van der Waals surface area contributed by atoms with E-state index in [1.807, 2.05) is 6.08 Å². The van der Waals surface area contributed by atoms with E-state index in [0.29, 0.717) is 12.8 Å². The third-order valence-electron chi connectivity index (χ3n) is 13.4. The Hall–Kier alpha value is -3.03. The number of carbonyl (C=O) groups is 1. The maximum atomic E-state index is 13.3. The van der Waals surface area contributed by atoms with Crippen LogP contribution in [0.15, 0.2) is 85.1 Å². The Labute approximate surface area is 450 Å². The van der Waals surface area contributed by atoms with Crippen LogP contribution in [-0.2, 0) is 33.2 Å². The van der Waals surface area contributed by atoms with E-state index in [4.69, 9.17) is 28.4 Å². The topological polar surface area (TPSA) is 307 Å². The van der Waals surface area contributed by atoms with Crippen LogP contribution >= 0.6 is 0 Å². The van der Waals surface area contributed by atoms with Gasteiger partial charge in [-0.25, -0.2) is 0 Å². The first-order valence-corrected chi connectivity index (χ1v) is 27.8. The summed E-state index contributed by atoms with van der Waals surface area (Å²) in [6, 6.07) is -1.00. The molecule has 17 atom stereocenters. The zero-order valence-corrected chi connectivity index (χ0v) is 44.9. The molecular weight excluding hydrogens is 987 g/mol. The molecule has 0 saturated carbocycles. The summed E-state index contributed by atoms with van der Waals surface area (Å²) in [5, 5.41) is 120. The van der Waals surface area contributed by atoms with Crippen molar-refractivity contribution in [2.45, 2.75) is 240 Å². The molecule has 0 aliphatic carbocycles. The zero-order valence-electron chi connectivity index (χ0n) is 44.9. The van der Waals surface area contributed by atoms with Crippen molar-refractivity contribution in [1.29, 1.82) is 0 Å². The van der Waals surface area contributed by atoms with Gasteiger partial charge in [0.25, 0.3) is 0 Å². The number of carbonyl (C=O) groups excluding carboxylic acids is 1. The van der Waals surface area contributed by atoms with E-state index in [1.54, 1.807) is 6.08 Å². The molecule has 12 N–H and O–H groups in total. The molecule has 0 bridgehead atoms. The lowest BCUT2D eigenvalue weighted by molar-refractivity contribution is -0.379. The third-order valence-corrected chi connectivity index (χ3v) is 13.4. The summed E-state index contributed by atoms with van der Waals surface area (Å²) in [5.74, 6) is -0.312. The molecule has 3 aliphatic rings. The zero-order chi connectivity index (χ0) is 55.5. The summed E-state index contributed by atoms with van der Waals surface area (Å²) in [6.07, 6.45) is 20.1. The number of unbranched alkanes of at least 4 members (excludes halogenated alkanes) is 10. The Kier molecular flexibility index (Phi) is 35.6. The van der Waals surface area contributed by atoms with Crippen molar-refractivity contribution in [2.24, 2.45) is 0 Å². The molecule has 76 heavy (non-hydrogen) atoms. The molecule has 1 amide bonds. The third kappa shape index (κ3) is 24.5. The van der Waals surface area contributed by atoms with Crippen molar-refractivity contribution < 1.29 is 89.4 Å². The molecule has 3 rings (SSSR count). The number of allylic oxidation sites excluding steroid dienone is 13. The minimum absolute atomic E-state index is 0.208. The van der Waals surface area contributed by atoms with Crippen molar-refractivity contribution >= 4 is 5.91 Å². The molecule has 0 aromatic heterocycles. The van der Waals surface area contributed by atoms with Crippen molar-refractivity contribution in [3.8, 4) is 0 Å². The van der Waals surface area contributed by atoms with Crippen LogP contribution in [0.2, 0.25) is 0 Å². The minimum atomic E-state index is -1.99. The van der Waals surface area contributed by atoms with E-state index in [9.17, 15) is 61.0 Å². The van der Waals surface area contributed by atoms with E-state index in [-0.39, 0.29) is 18.9 Å². The minimum Gasteiger partial charge on any atom is -0.394 e. The molecule has 436 valence electrons. The number of hydrogen-bond acceptors (Lipinski definition) is 18. The van der Waals surface area contributed by atoms with E-state index in [1.165, 1.54) is 19.3 Å². The number of amides is 1. The lowest BCUT2D eigenvalue weighted by atomic mass is 9.96. The molecule has 3 aliphatic heterocycles. The fraction of sp³-hybridized carbons (Fsp3) is 0.737. The second-order valence-electron chi connectivity index (χ2n) is 19.7. The quantitative estimate of drug-likeness (QED) is 0.0310. The summed E-state index contributed by atoms with van der Waals surface area (Å²) in [5.41, 5.74) is 0. The summed E-state index contributed by atoms with van der Waals surface area (Å²) in [6.45, 7) is 1.48. The van der Waals surface area contributed by atoms with Gasteiger partial charge in [-0.05, 0) is 77.0 Å². The number of rotatable bonds is 38. The van der Waals surface area contributed by atoms with Gasteiger partial charge in [0.05, 0.1) is 38.6 Å². The summed E-state index contributed by atoms with van der Waals surface area (Å²) >= 11 is 0. The van der Waals surface area contributed by atoms with Gasteiger partial charge in [-0.3, -0.25) is 4.79 Å². The maximum Gasteiger partial charge on any atom is 0.220 e. The Balaban J connectivity index is 1.51. The fourth-order valence-electron chi connectivity index (χ4n) is 8.82. The predicted molar refractivity (Wildman–Crippen MR) is 286 cm³/mol. The van der Waals surface area contributed by atoms with Crippen LogP contribution < -0.4 is 5.32 Å². The van der Waals surface area contributed by atoms with Crippen LogP contribution in [-0.4, -0.2) is 193 Å². The van der Waals surface area contributed by atoms with Gasteiger partial charge >= 0.3 is 0 Å². The highest BCUT2D eigenvalue weighted by Crippen LogP contribution is 2.33. The Bertz CT molecular complexity index is 1720. The van der Waals surface area contributed by atoms with Crippen molar-refractivity contribution in [3.05, 3.63) is 85.1 Å². The molecule has 17 unspecified atom stereocenters. The summed E-state index contributed by atoms with van der Waals surface area (Å²) in [7, 11) is 0. The smallest absolute Gasteiger partial charge is 0.220 e. The molecule has 0 aromatic carbocycles. The van der Waals surface area contributed by atoms with E-state index < -0.39 is 124 Å². The van der Waals surface area contributed by atoms with Gasteiger partial charge < -0.3 is 89.9 Å². The van der Waals surface area contributed by atoms with Crippen LogP contribution in [0, 0.1) is 0 Å². The average molecular weight is 1080 g/mol. The largest absolute Gasteiger partial charge is 0.394 e. The molecule has 0 spiro atoms. The summed E-state index contributed by atoms with van der Waals surface area (Å²) < 4.78 is 34.1. The second kappa shape index (κ2) is 40.2. The number of nitrogens with one attached hydrogen (secondary N) is 1. The lowest BCUT2D eigenvalue weighted by Gasteiger charge is -2.48. The average Bonchev–Trinajstić information content (AvgIpc) is 3.42. The molecular formula is C57H95NO18. The van der Waals surface area contributed by atoms with Crippen LogP contribution in [0.5, 0.6) is 0 Å². The van der Waals surface area contributed by atoms with Crippen LogP contribution in [0.4, 0.5) is 0 Å². The van der Waals surface area contributed by atoms with Crippen molar-refractivity contribution in [2.75, 3.05) is 26.4 Å². The second-order valence-corrected chi connectivity index (χ2v) is 19.7. The van der Waals surface area contributed by atoms with Gasteiger partial charge in [-0.2, -0.15) is 0 Å². The molecule has 0 radical (unpaired) electrons.